The second-order valence-corrected chi connectivity index (χ2v) is 5.32. The molecule has 2 aromatic heterocycles. The molecule has 6 nitrogen and oxygen atoms in total. The number of carboxylic acids is 1. The average Bonchev–Trinajstić information content (AvgIpc) is 3.06. The third kappa shape index (κ3) is 2.21. The van der Waals surface area contributed by atoms with Gasteiger partial charge in [0, 0.05) is 19.3 Å². The molecule has 0 aliphatic heterocycles. The molecule has 0 radical (unpaired) electrons. The van der Waals surface area contributed by atoms with Crippen molar-refractivity contribution in [3.63, 3.8) is 0 Å². The maximum atomic E-state index is 11.2. The first-order valence-corrected chi connectivity index (χ1v) is 6.91. The van der Waals surface area contributed by atoms with Crippen LogP contribution in [0.25, 0.3) is 11.0 Å². The van der Waals surface area contributed by atoms with Crippen LogP contribution in [0.1, 0.15) is 25.7 Å². The van der Waals surface area contributed by atoms with Gasteiger partial charge in [0.25, 0.3) is 0 Å². The lowest BCUT2D eigenvalue weighted by Crippen LogP contribution is -2.38. The number of hydrogen-bond acceptors (Lipinski definition) is 4. The molecule has 1 N–H and O–H groups in total. The molecule has 6 heteroatoms. The minimum absolute atomic E-state index is 0.0205. The van der Waals surface area contributed by atoms with E-state index in [0.717, 1.165) is 36.7 Å². The van der Waals surface area contributed by atoms with Crippen molar-refractivity contribution in [2.75, 3.05) is 11.4 Å². The first kappa shape index (κ1) is 12.9. The Balaban J connectivity index is 2.05. The molecule has 0 aromatic carbocycles. The van der Waals surface area contributed by atoms with Crippen molar-refractivity contribution < 1.29 is 9.90 Å². The molecule has 1 aliphatic carbocycles. The summed E-state index contributed by atoms with van der Waals surface area (Å²) in [6.07, 6.45) is 7.82. The second-order valence-electron chi connectivity index (χ2n) is 5.32. The molecular weight excluding hydrogens is 256 g/mol. The fourth-order valence-electron chi connectivity index (χ4n) is 3.00. The molecule has 106 valence electrons. The predicted molar refractivity (Wildman–Crippen MR) is 75.7 cm³/mol. The average molecular weight is 274 g/mol. The number of carboxylic acid groups (broad SMARTS) is 1. The van der Waals surface area contributed by atoms with E-state index in [0.29, 0.717) is 5.82 Å². The van der Waals surface area contributed by atoms with Gasteiger partial charge in [-0.25, -0.2) is 9.97 Å². The third-order valence-corrected chi connectivity index (χ3v) is 3.97. The van der Waals surface area contributed by atoms with Crippen LogP contribution in [0.4, 0.5) is 5.82 Å². The number of aliphatic carboxylic acids is 1. The highest BCUT2D eigenvalue weighted by Gasteiger charge is 2.27. The lowest BCUT2D eigenvalue weighted by molar-refractivity contribution is -0.135. The Bertz CT molecular complexity index is 631. The summed E-state index contributed by atoms with van der Waals surface area (Å²) in [6, 6.07) is 2.16. The molecule has 0 amide bonds. The predicted octanol–water partition coefficient (Wildman–Crippen LogP) is 1.80. The molecule has 1 saturated carbocycles. The van der Waals surface area contributed by atoms with Crippen LogP contribution < -0.4 is 4.90 Å². The molecule has 0 atom stereocenters. The second kappa shape index (κ2) is 5.11. The molecule has 0 unspecified atom stereocenters. The van der Waals surface area contributed by atoms with Gasteiger partial charge in [0.15, 0.2) is 5.82 Å². The number of hydrogen-bond donors (Lipinski definition) is 1. The largest absolute Gasteiger partial charge is 0.480 e. The summed E-state index contributed by atoms with van der Waals surface area (Å²) in [5, 5.41) is 9.19. The number of aromatic nitrogens is 3. The van der Waals surface area contributed by atoms with Gasteiger partial charge in [-0.05, 0) is 18.9 Å². The monoisotopic (exact) mass is 274 g/mol. The van der Waals surface area contributed by atoms with Crippen LogP contribution in [0, 0.1) is 0 Å². The highest BCUT2D eigenvalue weighted by Crippen LogP contribution is 2.30. The number of imidazole rings is 1. The Morgan fingerprint density at radius 2 is 2.20 bits per heavy atom. The zero-order valence-corrected chi connectivity index (χ0v) is 11.5. The zero-order chi connectivity index (χ0) is 14.1. The number of pyridine rings is 1. The van der Waals surface area contributed by atoms with Crippen LogP contribution in [0.2, 0.25) is 0 Å². The highest BCUT2D eigenvalue weighted by atomic mass is 16.4. The van der Waals surface area contributed by atoms with E-state index in [-0.39, 0.29) is 12.6 Å². The van der Waals surface area contributed by atoms with Gasteiger partial charge in [-0.2, -0.15) is 0 Å². The Hall–Kier alpha value is -2.11. The minimum Gasteiger partial charge on any atom is -0.480 e. The lowest BCUT2D eigenvalue weighted by atomic mass is 10.2. The third-order valence-electron chi connectivity index (χ3n) is 3.97. The molecule has 3 rings (SSSR count). The van der Waals surface area contributed by atoms with Gasteiger partial charge in [0.2, 0.25) is 0 Å². The fraction of sp³-hybridized carbons (Fsp3) is 0.500. The van der Waals surface area contributed by atoms with E-state index < -0.39 is 5.97 Å². The molecule has 0 spiro atoms. The molecule has 2 heterocycles. The number of nitrogens with zero attached hydrogens (tertiary/aromatic N) is 4. The number of carbonyl (C=O) groups is 1. The van der Waals surface area contributed by atoms with E-state index in [1.807, 2.05) is 22.6 Å². The van der Waals surface area contributed by atoms with Crippen LogP contribution in [0.3, 0.4) is 0 Å². The smallest absolute Gasteiger partial charge is 0.323 e. The summed E-state index contributed by atoms with van der Waals surface area (Å²) in [7, 11) is 1.93. The number of rotatable bonds is 4. The van der Waals surface area contributed by atoms with Crippen molar-refractivity contribution in [2.24, 2.45) is 7.05 Å². The van der Waals surface area contributed by atoms with E-state index in [9.17, 15) is 9.90 Å². The molecule has 2 aromatic rings. The summed E-state index contributed by atoms with van der Waals surface area (Å²) in [6.45, 7) is -0.0205. The van der Waals surface area contributed by atoms with Crippen molar-refractivity contribution in [3.8, 4) is 0 Å². The van der Waals surface area contributed by atoms with Gasteiger partial charge in [0.1, 0.15) is 12.1 Å². The molecule has 0 saturated heterocycles. The van der Waals surface area contributed by atoms with Crippen LogP contribution in [-0.4, -0.2) is 38.2 Å². The Morgan fingerprint density at radius 1 is 1.45 bits per heavy atom. The number of fused-ring (bicyclic) bond motifs is 1. The molecule has 1 aliphatic rings. The first-order chi connectivity index (χ1) is 9.66. The summed E-state index contributed by atoms with van der Waals surface area (Å²) in [5.74, 6) is -0.135. The maximum absolute atomic E-state index is 11.2. The first-order valence-electron chi connectivity index (χ1n) is 6.91. The summed E-state index contributed by atoms with van der Waals surface area (Å²) >= 11 is 0. The summed E-state index contributed by atoms with van der Waals surface area (Å²) in [5.41, 5.74) is 1.76. The number of anilines is 1. The zero-order valence-electron chi connectivity index (χ0n) is 11.5. The Morgan fingerprint density at radius 3 is 2.90 bits per heavy atom. The van der Waals surface area contributed by atoms with Crippen molar-refractivity contribution in [1.29, 1.82) is 0 Å². The summed E-state index contributed by atoms with van der Waals surface area (Å²) in [4.78, 5) is 21.9. The SMILES string of the molecule is Cn1cnc2c(N(CC(=O)O)C3CCCC3)nccc21. The summed E-state index contributed by atoms with van der Waals surface area (Å²) < 4.78 is 1.92. The van der Waals surface area contributed by atoms with Gasteiger partial charge < -0.3 is 14.6 Å². The van der Waals surface area contributed by atoms with Crippen molar-refractivity contribution in [3.05, 3.63) is 18.6 Å². The van der Waals surface area contributed by atoms with E-state index >= 15 is 0 Å². The van der Waals surface area contributed by atoms with Gasteiger partial charge in [0.05, 0.1) is 11.8 Å². The van der Waals surface area contributed by atoms with E-state index in [1.165, 1.54) is 0 Å². The van der Waals surface area contributed by atoms with Crippen LogP contribution in [0.15, 0.2) is 18.6 Å². The quantitative estimate of drug-likeness (QED) is 0.920. The van der Waals surface area contributed by atoms with Crippen LogP contribution in [-0.2, 0) is 11.8 Å². The van der Waals surface area contributed by atoms with E-state index in [2.05, 4.69) is 9.97 Å². The van der Waals surface area contributed by atoms with Crippen molar-refractivity contribution in [2.45, 2.75) is 31.7 Å². The van der Waals surface area contributed by atoms with Gasteiger partial charge in [-0.1, -0.05) is 12.8 Å². The van der Waals surface area contributed by atoms with Crippen molar-refractivity contribution >= 4 is 22.8 Å². The standard InChI is InChI=1S/C14H18N4O2/c1-17-9-16-13-11(17)6-7-15-14(13)18(8-12(19)20)10-4-2-3-5-10/h6-7,9-10H,2-5,8H2,1H3,(H,19,20). The molecular formula is C14H18N4O2. The van der Waals surface area contributed by atoms with Crippen LogP contribution in [0.5, 0.6) is 0 Å². The van der Waals surface area contributed by atoms with E-state index in [1.54, 1.807) is 12.5 Å². The molecule has 20 heavy (non-hydrogen) atoms. The molecule has 1 fully saturated rings. The van der Waals surface area contributed by atoms with Gasteiger partial charge in [-0.3, -0.25) is 4.79 Å². The van der Waals surface area contributed by atoms with E-state index in [4.69, 9.17) is 0 Å². The number of aryl methyl sites for hydroxylation is 1. The highest BCUT2D eigenvalue weighted by molar-refractivity contribution is 5.88. The minimum atomic E-state index is -0.827. The maximum Gasteiger partial charge on any atom is 0.323 e. The normalized spacial score (nSPS) is 15.8. The topological polar surface area (TPSA) is 71.2 Å². The fourth-order valence-corrected chi connectivity index (χ4v) is 3.00. The van der Waals surface area contributed by atoms with Crippen LogP contribution >= 0.6 is 0 Å². The van der Waals surface area contributed by atoms with Crippen molar-refractivity contribution in [1.82, 2.24) is 14.5 Å². The Kier molecular flexibility index (Phi) is 3.30. The lowest BCUT2D eigenvalue weighted by Gasteiger charge is -2.28. The Labute approximate surface area is 117 Å². The molecule has 0 bridgehead atoms. The van der Waals surface area contributed by atoms with Gasteiger partial charge in [-0.15, -0.1) is 0 Å². The van der Waals surface area contributed by atoms with Gasteiger partial charge >= 0.3 is 5.97 Å².